The molecule has 0 saturated heterocycles. The second-order valence-corrected chi connectivity index (χ2v) is 8.20. The van der Waals surface area contributed by atoms with E-state index in [-0.39, 0.29) is 11.7 Å². The molecule has 7 heteroatoms. The summed E-state index contributed by atoms with van der Waals surface area (Å²) in [7, 11) is 0. The normalized spacial score (nSPS) is 11.2. The van der Waals surface area contributed by atoms with Gasteiger partial charge in [0.05, 0.1) is 22.3 Å². The van der Waals surface area contributed by atoms with E-state index in [0.29, 0.717) is 39.3 Å². The highest BCUT2D eigenvalue weighted by molar-refractivity contribution is 7.12. The Balaban J connectivity index is 1.83. The van der Waals surface area contributed by atoms with Crippen LogP contribution in [0.15, 0.2) is 34.9 Å². The zero-order valence-electron chi connectivity index (χ0n) is 15.9. The molecule has 0 atom stereocenters. The Morgan fingerprint density at radius 3 is 2.61 bits per heavy atom. The molecule has 3 aromatic heterocycles. The van der Waals surface area contributed by atoms with Gasteiger partial charge in [0.2, 0.25) is 0 Å². The van der Waals surface area contributed by atoms with Crippen molar-refractivity contribution in [2.75, 3.05) is 5.32 Å². The molecular weight excluding hydrogens is 377 g/mol. The van der Waals surface area contributed by atoms with Crippen molar-refractivity contribution in [3.8, 4) is 11.3 Å². The van der Waals surface area contributed by atoms with Gasteiger partial charge < -0.3 is 9.84 Å². The van der Waals surface area contributed by atoms with E-state index in [1.807, 2.05) is 19.9 Å². The molecule has 0 radical (unpaired) electrons. The van der Waals surface area contributed by atoms with Crippen molar-refractivity contribution >= 4 is 34.0 Å². The molecule has 0 aliphatic carbocycles. The summed E-state index contributed by atoms with van der Waals surface area (Å²) in [4.78, 5) is 19.9. The van der Waals surface area contributed by atoms with Crippen LogP contribution in [0.4, 0.5) is 10.1 Å². The van der Waals surface area contributed by atoms with Gasteiger partial charge in [0, 0.05) is 21.0 Å². The predicted octanol–water partition coefficient (Wildman–Crippen LogP) is 5.58. The number of benzene rings is 1. The molecule has 0 bridgehead atoms. The third-order valence-electron chi connectivity index (χ3n) is 4.62. The van der Waals surface area contributed by atoms with E-state index < -0.39 is 0 Å². The number of thiophene rings is 1. The van der Waals surface area contributed by atoms with Gasteiger partial charge in [-0.25, -0.2) is 9.37 Å². The lowest BCUT2D eigenvalue weighted by Crippen LogP contribution is -2.14. The van der Waals surface area contributed by atoms with Crippen molar-refractivity contribution in [2.45, 2.75) is 27.7 Å². The summed E-state index contributed by atoms with van der Waals surface area (Å²) in [6.45, 7) is 7.57. The largest absolute Gasteiger partial charge is 0.335 e. The molecule has 3 heterocycles. The highest BCUT2D eigenvalue weighted by atomic mass is 32.1. The first kappa shape index (κ1) is 18.3. The number of nitrogens with one attached hydrogen (secondary N) is 1. The number of nitrogens with zero attached hydrogens (tertiary/aromatic N) is 2. The van der Waals surface area contributed by atoms with E-state index in [1.54, 1.807) is 37.3 Å². The maximum absolute atomic E-state index is 13.4. The first-order valence-electron chi connectivity index (χ1n) is 8.75. The van der Waals surface area contributed by atoms with Gasteiger partial charge in [-0.3, -0.25) is 4.79 Å². The van der Waals surface area contributed by atoms with Crippen molar-refractivity contribution in [1.29, 1.82) is 0 Å². The molecule has 4 rings (SSSR count). The van der Waals surface area contributed by atoms with Gasteiger partial charge >= 0.3 is 0 Å². The van der Waals surface area contributed by atoms with Crippen LogP contribution in [-0.4, -0.2) is 16.0 Å². The minimum Gasteiger partial charge on any atom is -0.335 e. The lowest BCUT2D eigenvalue weighted by atomic mass is 10.0. The molecule has 1 amide bonds. The molecular formula is C21H18FN3O2S. The molecule has 0 spiro atoms. The van der Waals surface area contributed by atoms with Gasteiger partial charge in [0.15, 0.2) is 0 Å². The maximum Gasteiger partial charge on any atom is 0.259 e. The summed E-state index contributed by atoms with van der Waals surface area (Å²) >= 11 is 1.67. The Bertz CT molecular complexity index is 1230. The van der Waals surface area contributed by atoms with Gasteiger partial charge in [-0.05, 0) is 63.6 Å². The molecule has 0 saturated carbocycles. The topological polar surface area (TPSA) is 68.0 Å². The number of amides is 1. The average molecular weight is 395 g/mol. The van der Waals surface area contributed by atoms with Crippen LogP contribution in [0.25, 0.3) is 22.4 Å². The van der Waals surface area contributed by atoms with Gasteiger partial charge in [0.1, 0.15) is 5.82 Å². The van der Waals surface area contributed by atoms with E-state index in [9.17, 15) is 9.18 Å². The Morgan fingerprint density at radius 2 is 1.93 bits per heavy atom. The van der Waals surface area contributed by atoms with E-state index in [2.05, 4.69) is 15.5 Å². The lowest BCUT2D eigenvalue weighted by Gasteiger charge is -2.10. The minimum atomic E-state index is -0.345. The van der Waals surface area contributed by atoms with Gasteiger partial charge in [0.25, 0.3) is 11.6 Å². The summed E-state index contributed by atoms with van der Waals surface area (Å²) < 4.78 is 18.7. The molecule has 4 aromatic rings. The zero-order chi connectivity index (χ0) is 20.0. The Kier molecular flexibility index (Phi) is 4.47. The molecule has 142 valence electrons. The first-order chi connectivity index (χ1) is 13.3. The second-order valence-electron chi connectivity index (χ2n) is 6.74. The van der Waals surface area contributed by atoms with Gasteiger partial charge in [-0.2, -0.15) is 0 Å². The fourth-order valence-electron chi connectivity index (χ4n) is 3.25. The molecule has 28 heavy (non-hydrogen) atoms. The third kappa shape index (κ3) is 3.18. The minimum absolute atomic E-state index is 0.319. The summed E-state index contributed by atoms with van der Waals surface area (Å²) in [6.07, 6.45) is 0. The van der Waals surface area contributed by atoms with Crippen molar-refractivity contribution in [3.63, 3.8) is 0 Å². The monoisotopic (exact) mass is 395 g/mol. The number of anilines is 1. The smallest absolute Gasteiger partial charge is 0.259 e. The van der Waals surface area contributed by atoms with E-state index in [0.717, 1.165) is 15.3 Å². The third-order valence-corrected chi connectivity index (χ3v) is 5.58. The Labute approximate surface area is 165 Å². The summed E-state index contributed by atoms with van der Waals surface area (Å²) in [5.41, 5.74) is 4.15. The molecule has 1 N–H and O–H groups in total. The van der Waals surface area contributed by atoms with Crippen LogP contribution in [0, 0.1) is 33.5 Å². The molecule has 0 fully saturated rings. The second kappa shape index (κ2) is 6.83. The summed E-state index contributed by atoms with van der Waals surface area (Å²) in [5, 5.41) is 7.41. The summed E-state index contributed by atoms with van der Waals surface area (Å²) in [6, 6.07) is 8.05. The van der Waals surface area contributed by atoms with Crippen LogP contribution in [0.3, 0.4) is 0 Å². The van der Waals surface area contributed by atoms with Crippen molar-refractivity contribution in [2.24, 2.45) is 0 Å². The number of pyridine rings is 1. The van der Waals surface area contributed by atoms with Crippen molar-refractivity contribution in [3.05, 3.63) is 62.7 Å². The fourth-order valence-corrected chi connectivity index (χ4v) is 4.19. The van der Waals surface area contributed by atoms with Gasteiger partial charge in [-0.1, -0.05) is 5.16 Å². The number of halogens is 1. The molecule has 0 aliphatic heterocycles. The zero-order valence-corrected chi connectivity index (χ0v) is 16.7. The SMILES string of the molecule is Cc1cc(-c2cc(C(=O)Nc3ccc(F)cc3C)c3c(C)noc3n2)c(C)s1. The van der Waals surface area contributed by atoms with E-state index in [4.69, 9.17) is 4.52 Å². The van der Waals surface area contributed by atoms with E-state index in [1.165, 1.54) is 12.1 Å². The van der Waals surface area contributed by atoms with Crippen LogP contribution in [-0.2, 0) is 0 Å². The lowest BCUT2D eigenvalue weighted by molar-refractivity contribution is 0.102. The maximum atomic E-state index is 13.4. The average Bonchev–Trinajstić information content (AvgIpc) is 3.18. The highest BCUT2D eigenvalue weighted by Gasteiger charge is 2.21. The van der Waals surface area contributed by atoms with Crippen LogP contribution in [0.1, 0.15) is 31.4 Å². The molecule has 5 nitrogen and oxygen atoms in total. The number of aromatic nitrogens is 2. The van der Waals surface area contributed by atoms with Crippen LogP contribution in [0.2, 0.25) is 0 Å². The number of aryl methyl sites for hydroxylation is 4. The molecule has 0 aliphatic rings. The first-order valence-corrected chi connectivity index (χ1v) is 9.57. The van der Waals surface area contributed by atoms with Crippen LogP contribution in [0.5, 0.6) is 0 Å². The quantitative estimate of drug-likeness (QED) is 0.492. The Morgan fingerprint density at radius 1 is 1.14 bits per heavy atom. The summed E-state index contributed by atoms with van der Waals surface area (Å²) in [5.74, 6) is -0.665. The number of carbonyl (C=O) groups is 1. The van der Waals surface area contributed by atoms with Crippen molar-refractivity contribution in [1.82, 2.24) is 10.1 Å². The standard InChI is InChI=1S/C21H18FN3O2S/c1-10-7-14(22)5-6-17(10)23-20(26)16-9-18(15-8-11(2)28-13(15)4)24-21-19(16)12(3)25-27-21/h5-9H,1-4H3,(H,23,26). The number of fused-ring (bicyclic) bond motifs is 1. The number of hydrogen-bond donors (Lipinski definition) is 1. The number of rotatable bonds is 3. The van der Waals surface area contributed by atoms with Crippen molar-refractivity contribution < 1.29 is 13.7 Å². The van der Waals surface area contributed by atoms with Crippen LogP contribution >= 0.6 is 11.3 Å². The predicted molar refractivity (Wildman–Crippen MR) is 108 cm³/mol. The Hall–Kier alpha value is -3.06. The van der Waals surface area contributed by atoms with Crippen LogP contribution < -0.4 is 5.32 Å². The van der Waals surface area contributed by atoms with Gasteiger partial charge in [-0.15, -0.1) is 11.3 Å². The fraction of sp³-hybridized carbons (Fsp3) is 0.190. The number of carbonyl (C=O) groups excluding carboxylic acids is 1. The molecule has 0 unspecified atom stereocenters. The molecule has 1 aromatic carbocycles. The number of hydrogen-bond acceptors (Lipinski definition) is 5. The van der Waals surface area contributed by atoms with E-state index >= 15 is 0 Å². The highest BCUT2D eigenvalue weighted by Crippen LogP contribution is 2.33.